The molecule has 2 amide bonds. The van der Waals surface area contributed by atoms with Crippen molar-refractivity contribution in [3.8, 4) is 0 Å². The van der Waals surface area contributed by atoms with Crippen LogP contribution in [0.15, 0.2) is 78.9 Å². The molecule has 0 spiro atoms. The van der Waals surface area contributed by atoms with Gasteiger partial charge < -0.3 is 15.0 Å². The highest BCUT2D eigenvalue weighted by molar-refractivity contribution is 6.30. The highest BCUT2D eigenvalue weighted by Gasteiger charge is 2.25. The van der Waals surface area contributed by atoms with Gasteiger partial charge in [0.15, 0.2) is 0 Å². The van der Waals surface area contributed by atoms with Crippen molar-refractivity contribution >= 4 is 46.5 Å². The Kier molecular flexibility index (Phi) is 7.44. The molecule has 8 heteroatoms. The van der Waals surface area contributed by atoms with Crippen LogP contribution in [-0.2, 0) is 9.53 Å². The van der Waals surface area contributed by atoms with Gasteiger partial charge in [-0.25, -0.2) is 4.79 Å². The molecular formula is C26H25ClN4O3. The van der Waals surface area contributed by atoms with Gasteiger partial charge in [-0.15, -0.1) is 0 Å². The molecule has 3 aromatic rings. The molecule has 1 fully saturated rings. The summed E-state index contributed by atoms with van der Waals surface area (Å²) in [4.78, 5) is 27.6. The minimum atomic E-state index is -1.15. The van der Waals surface area contributed by atoms with Gasteiger partial charge in [-0.1, -0.05) is 41.9 Å². The van der Waals surface area contributed by atoms with Crippen LogP contribution in [0.2, 0.25) is 5.02 Å². The number of hydrogen-bond donors (Lipinski definition) is 3. The molecule has 34 heavy (non-hydrogen) atoms. The molecule has 4 rings (SSSR count). The Bertz CT molecular complexity index is 1150. The van der Waals surface area contributed by atoms with Crippen LogP contribution in [0.4, 0.5) is 21.9 Å². The highest BCUT2D eigenvalue weighted by Crippen LogP contribution is 2.25. The lowest BCUT2D eigenvalue weighted by molar-refractivity contribution is -0.124. The molecule has 1 aliphatic heterocycles. The van der Waals surface area contributed by atoms with Gasteiger partial charge in [-0.3, -0.25) is 15.5 Å². The predicted molar refractivity (Wildman–Crippen MR) is 135 cm³/mol. The summed E-state index contributed by atoms with van der Waals surface area (Å²) in [7, 11) is 0. The number of anilines is 3. The van der Waals surface area contributed by atoms with Crippen LogP contribution in [0.25, 0.3) is 0 Å². The number of carbonyl (C=O) groups is 2. The number of amidine groups is 1. The summed E-state index contributed by atoms with van der Waals surface area (Å²) in [5, 5.41) is 14.1. The summed E-state index contributed by atoms with van der Waals surface area (Å²) < 4.78 is 5.51. The van der Waals surface area contributed by atoms with Crippen LogP contribution >= 0.6 is 11.6 Å². The van der Waals surface area contributed by atoms with Crippen molar-refractivity contribution < 1.29 is 14.3 Å². The Balaban J connectivity index is 1.45. The molecule has 0 unspecified atom stereocenters. The van der Waals surface area contributed by atoms with E-state index in [2.05, 4.69) is 10.6 Å². The molecule has 1 aliphatic rings. The van der Waals surface area contributed by atoms with Crippen molar-refractivity contribution in [1.82, 2.24) is 0 Å². The lowest BCUT2D eigenvalue weighted by Crippen LogP contribution is -2.34. The monoisotopic (exact) mass is 476 g/mol. The maximum atomic E-state index is 13.1. The molecule has 0 radical (unpaired) electrons. The Hall–Kier alpha value is -3.84. The maximum Gasteiger partial charge on any atom is 0.412 e. The number of nitrogens with one attached hydrogen (secondary N) is 3. The van der Waals surface area contributed by atoms with E-state index in [0.29, 0.717) is 27.8 Å². The molecule has 0 bridgehead atoms. The average molecular weight is 477 g/mol. The van der Waals surface area contributed by atoms with E-state index in [9.17, 15) is 9.59 Å². The minimum Gasteiger partial charge on any atom is -0.431 e. The summed E-state index contributed by atoms with van der Waals surface area (Å²) >= 11 is 5.88. The van der Waals surface area contributed by atoms with Gasteiger partial charge in [0, 0.05) is 40.6 Å². The van der Waals surface area contributed by atoms with E-state index in [4.69, 9.17) is 21.7 Å². The third kappa shape index (κ3) is 5.94. The number of carbonyl (C=O) groups excluding carboxylic acids is 2. The van der Waals surface area contributed by atoms with Gasteiger partial charge in [0.2, 0.25) is 6.10 Å². The number of nitrogens with zero attached hydrogens (tertiary/aromatic N) is 1. The second-order valence-corrected chi connectivity index (χ2v) is 8.36. The first kappa shape index (κ1) is 23.3. The first-order valence-corrected chi connectivity index (χ1v) is 11.4. The van der Waals surface area contributed by atoms with E-state index < -0.39 is 18.1 Å². The van der Waals surface area contributed by atoms with Crippen molar-refractivity contribution in [3.63, 3.8) is 0 Å². The number of ether oxygens (including phenoxy) is 1. The third-order valence-electron chi connectivity index (χ3n) is 5.47. The topological polar surface area (TPSA) is 94.5 Å². The molecular weight excluding hydrogens is 452 g/mol. The normalized spacial score (nSPS) is 14.3. The minimum absolute atomic E-state index is 0.476. The third-order valence-corrected chi connectivity index (χ3v) is 5.73. The van der Waals surface area contributed by atoms with Crippen LogP contribution < -0.4 is 15.5 Å². The van der Waals surface area contributed by atoms with Gasteiger partial charge >= 0.3 is 6.09 Å². The van der Waals surface area contributed by atoms with Gasteiger partial charge in [0.25, 0.3) is 5.91 Å². The molecule has 0 aromatic heterocycles. The van der Waals surface area contributed by atoms with Gasteiger partial charge in [-0.05, 0) is 61.4 Å². The lowest BCUT2D eigenvalue weighted by Gasteiger charge is -2.29. The Morgan fingerprint density at radius 1 is 0.882 bits per heavy atom. The van der Waals surface area contributed by atoms with E-state index in [-0.39, 0.29) is 0 Å². The average Bonchev–Trinajstić information content (AvgIpc) is 2.85. The number of amides is 2. The van der Waals surface area contributed by atoms with Crippen LogP contribution in [0, 0.1) is 5.41 Å². The van der Waals surface area contributed by atoms with Crippen molar-refractivity contribution in [1.29, 1.82) is 5.41 Å². The van der Waals surface area contributed by atoms with Gasteiger partial charge in [0.1, 0.15) is 5.84 Å². The molecule has 174 valence electrons. The van der Waals surface area contributed by atoms with Crippen molar-refractivity contribution in [2.45, 2.75) is 25.4 Å². The highest BCUT2D eigenvalue weighted by atomic mass is 35.5. The first-order chi connectivity index (χ1) is 16.5. The molecule has 3 N–H and O–H groups in total. The van der Waals surface area contributed by atoms with Gasteiger partial charge in [0.05, 0.1) is 0 Å². The van der Waals surface area contributed by atoms with Crippen LogP contribution in [0.3, 0.4) is 0 Å². The van der Waals surface area contributed by atoms with E-state index in [1.165, 1.54) is 0 Å². The number of benzene rings is 3. The van der Waals surface area contributed by atoms with Crippen molar-refractivity contribution in [2.75, 3.05) is 22.1 Å². The molecule has 0 saturated carbocycles. The smallest absolute Gasteiger partial charge is 0.412 e. The zero-order chi connectivity index (χ0) is 23.9. The van der Waals surface area contributed by atoms with Gasteiger partial charge in [-0.2, -0.15) is 0 Å². The molecule has 1 saturated heterocycles. The van der Waals surface area contributed by atoms with E-state index in [1.54, 1.807) is 60.7 Å². The molecule has 7 nitrogen and oxygen atoms in total. The lowest BCUT2D eigenvalue weighted by atomic mass is 10.1. The van der Waals surface area contributed by atoms with E-state index >= 15 is 0 Å². The number of rotatable bonds is 6. The summed E-state index contributed by atoms with van der Waals surface area (Å²) in [5.74, 6) is 0.128. The largest absolute Gasteiger partial charge is 0.431 e. The maximum absolute atomic E-state index is 13.1. The summed E-state index contributed by atoms with van der Waals surface area (Å²) in [6, 6.07) is 22.7. The first-order valence-electron chi connectivity index (χ1n) is 11.0. The Labute approximate surface area is 203 Å². The van der Waals surface area contributed by atoms with Crippen LogP contribution in [0.1, 0.15) is 30.9 Å². The molecule has 1 atom stereocenters. The van der Waals surface area contributed by atoms with Crippen LogP contribution in [0.5, 0.6) is 0 Å². The number of piperidine rings is 1. The molecule has 0 aliphatic carbocycles. The fourth-order valence-electron chi connectivity index (χ4n) is 3.74. The summed E-state index contributed by atoms with van der Waals surface area (Å²) in [5.41, 5.74) is 2.53. The quantitative estimate of drug-likeness (QED) is 0.392. The standard InChI is InChI=1S/C26H25ClN4O3/c27-19-9-11-21(12-10-19)30-26(33)34-24(18-6-2-1-3-7-18)25(32)29-20-13-15-22(16-14-20)31-17-5-4-8-23(31)28/h1-3,6-7,9-16,24,28H,4-5,8,17H2,(H,29,32)(H,30,33)/t24-/m0/s1. The predicted octanol–water partition coefficient (Wildman–Crippen LogP) is 6.24. The Morgan fingerprint density at radius 3 is 2.21 bits per heavy atom. The fraction of sp³-hybridized carbons (Fsp3) is 0.192. The number of hydrogen-bond acceptors (Lipinski definition) is 4. The SMILES string of the molecule is N=C1CCCCN1c1ccc(NC(=O)[C@@H](OC(=O)Nc2ccc(Cl)cc2)c2ccccc2)cc1. The summed E-state index contributed by atoms with van der Waals surface area (Å²) in [6.07, 6.45) is 0.950. The van der Waals surface area contributed by atoms with Crippen molar-refractivity contribution in [2.24, 2.45) is 0 Å². The Morgan fingerprint density at radius 2 is 1.53 bits per heavy atom. The fourth-order valence-corrected chi connectivity index (χ4v) is 3.86. The van der Waals surface area contributed by atoms with E-state index in [1.807, 2.05) is 23.1 Å². The zero-order valence-corrected chi connectivity index (χ0v) is 19.2. The summed E-state index contributed by atoms with van der Waals surface area (Å²) in [6.45, 7) is 0.817. The molecule has 3 aromatic carbocycles. The van der Waals surface area contributed by atoms with Crippen LogP contribution in [-0.4, -0.2) is 24.4 Å². The van der Waals surface area contributed by atoms with E-state index in [0.717, 1.165) is 31.5 Å². The second-order valence-electron chi connectivity index (χ2n) is 7.92. The molecule has 1 heterocycles. The number of halogens is 1. The van der Waals surface area contributed by atoms with Crippen molar-refractivity contribution in [3.05, 3.63) is 89.4 Å². The zero-order valence-electron chi connectivity index (χ0n) is 18.5. The second kappa shape index (κ2) is 10.9.